The maximum atomic E-state index is 12.9. The molecule has 2 aromatic carbocycles. The molecule has 1 saturated heterocycles. The molecule has 1 atom stereocenters. The van der Waals surface area contributed by atoms with E-state index >= 15 is 0 Å². The highest BCUT2D eigenvalue weighted by Crippen LogP contribution is 2.33. The number of nitrogens with zero attached hydrogens (tertiary/aromatic N) is 1. The molecule has 1 aliphatic rings. The van der Waals surface area contributed by atoms with Crippen molar-refractivity contribution < 1.29 is 14.4 Å². The number of carbonyl (C=O) groups excluding carboxylic acids is 3. The Labute approximate surface area is 172 Å². The number of hydrogen-bond donors (Lipinski definition) is 2. The van der Waals surface area contributed by atoms with Gasteiger partial charge in [-0.1, -0.05) is 47.5 Å². The molecule has 1 heterocycles. The lowest BCUT2D eigenvalue weighted by atomic mass is 9.92. The minimum absolute atomic E-state index is 0.354. The van der Waals surface area contributed by atoms with Gasteiger partial charge in [-0.2, -0.15) is 0 Å². The Kier molecular flexibility index (Phi) is 5.37. The van der Waals surface area contributed by atoms with Gasteiger partial charge in [-0.25, -0.2) is 4.79 Å². The van der Waals surface area contributed by atoms with Gasteiger partial charge in [-0.05, 0) is 44.0 Å². The number of halogens is 2. The molecule has 8 heteroatoms. The minimum Gasteiger partial charge on any atom is -0.323 e. The van der Waals surface area contributed by atoms with Crippen LogP contribution in [0.3, 0.4) is 0 Å². The molecular weight excluding hydrogens is 401 g/mol. The summed E-state index contributed by atoms with van der Waals surface area (Å²) in [6, 6.07) is 9.71. The van der Waals surface area contributed by atoms with E-state index in [9.17, 15) is 14.4 Å². The molecule has 2 N–H and O–H groups in total. The first-order chi connectivity index (χ1) is 13.1. The maximum Gasteiger partial charge on any atom is 0.325 e. The van der Waals surface area contributed by atoms with Crippen LogP contribution in [0.5, 0.6) is 0 Å². The van der Waals surface area contributed by atoms with Gasteiger partial charge in [0, 0.05) is 10.6 Å². The Morgan fingerprint density at radius 3 is 2.46 bits per heavy atom. The molecule has 0 radical (unpaired) electrons. The summed E-state index contributed by atoms with van der Waals surface area (Å²) in [6.45, 7) is 4.84. The quantitative estimate of drug-likeness (QED) is 0.734. The lowest BCUT2D eigenvalue weighted by Crippen LogP contribution is -2.42. The number of anilines is 1. The van der Waals surface area contributed by atoms with Crippen LogP contribution < -0.4 is 10.6 Å². The molecule has 0 unspecified atom stereocenters. The average Bonchev–Trinajstić information content (AvgIpc) is 2.82. The molecule has 0 spiro atoms. The predicted octanol–water partition coefficient (Wildman–Crippen LogP) is 4.02. The van der Waals surface area contributed by atoms with Crippen molar-refractivity contribution in [2.24, 2.45) is 0 Å². The fourth-order valence-electron chi connectivity index (χ4n) is 3.29. The van der Waals surface area contributed by atoms with Crippen LogP contribution in [0.1, 0.15) is 23.6 Å². The van der Waals surface area contributed by atoms with Crippen LogP contribution in [0.2, 0.25) is 10.0 Å². The zero-order valence-electron chi connectivity index (χ0n) is 15.6. The zero-order valence-corrected chi connectivity index (χ0v) is 17.1. The van der Waals surface area contributed by atoms with E-state index in [-0.39, 0.29) is 0 Å². The van der Waals surface area contributed by atoms with Crippen LogP contribution in [-0.4, -0.2) is 29.3 Å². The first-order valence-electron chi connectivity index (χ1n) is 8.59. The Balaban J connectivity index is 1.80. The normalized spacial score (nSPS) is 19.0. The molecule has 0 aliphatic carbocycles. The van der Waals surface area contributed by atoms with Gasteiger partial charge in [0.15, 0.2) is 0 Å². The Hall–Kier alpha value is -2.57. The first kappa shape index (κ1) is 20.2. The lowest BCUT2D eigenvalue weighted by Gasteiger charge is -2.23. The van der Waals surface area contributed by atoms with Crippen molar-refractivity contribution in [3.63, 3.8) is 0 Å². The molecule has 0 bridgehead atoms. The van der Waals surface area contributed by atoms with Crippen molar-refractivity contribution >= 4 is 46.7 Å². The van der Waals surface area contributed by atoms with Crippen LogP contribution in [0.4, 0.5) is 10.5 Å². The number of nitrogens with one attached hydrogen (secondary N) is 2. The molecular formula is C20H19Cl2N3O3. The summed E-state index contributed by atoms with van der Waals surface area (Å²) < 4.78 is 0. The first-order valence-corrected chi connectivity index (χ1v) is 9.35. The lowest BCUT2D eigenvalue weighted by molar-refractivity contribution is -0.133. The van der Waals surface area contributed by atoms with Crippen molar-refractivity contribution in [3.8, 4) is 0 Å². The third-order valence-corrected chi connectivity index (χ3v) is 5.31. The molecule has 4 amide bonds. The van der Waals surface area contributed by atoms with E-state index in [0.717, 1.165) is 16.0 Å². The van der Waals surface area contributed by atoms with Gasteiger partial charge in [-0.15, -0.1) is 0 Å². The van der Waals surface area contributed by atoms with Crippen LogP contribution in [0.25, 0.3) is 0 Å². The van der Waals surface area contributed by atoms with Gasteiger partial charge < -0.3 is 10.6 Å². The van der Waals surface area contributed by atoms with Gasteiger partial charge in [0.1, 0.15) is 12.1 Å². The Morgan fingerprint density at radius 1 is 1.14 bits per heavy atom. The number of carbonyl (C=O) groups is 3. The van der Waals surface area contributed by atoms with Gasteiger partial charge in [-0.3, -0.25) is 14.5 Å². The number of hydrogen-bond acceptors (Lipinski definition) is 3. The summed E-state index contributed by atoms with van der Waals surface area (Å²) in [6.07, 6.45) is 0. The fourth-order valence-corrected chi connectivity index (χ4v) is 3.98. The highest BCUT2D eigenvalue weighted by Gasteiger charge is 2.50. The number of amides is 4. The molecule has 0 aromatic heterocycles. The van der Waals surface area contributed by atoms with E-state index < -0.39 is 29.9 Å². The molecule has 3 rings (SSSR count). The molecule has 1 aliphatic heterocycles. The van der Waals surface area contributed by atoms with E-state index in [2.05, 4.69) is 10.6 Å². The predicted molar refractivity (Wildman–Crippen MR) is 109 cm³/mol. The van der Waals surface area contributed by atoms with Gasteiger partial charge in [0.25, 0.3) is 5.91 Å². The summed E-state index contributed by atoms with van der Waals surface area (Å²) in [5.74, 6) is -1.08. The second kappa shape index (κ2) is 7.45. The number of aryl methyl sites for hydroxylation is 2. The highest BCUT2D eigenvalue weighted by atomic mass is 35.5. The minimum atomic E-state index is -1.34. The van der Waals surface area contributed by atoms with Crippen LogP contribution >= 0.6 is 23.2 Å². The molecule has 0 saturated carbocycles. The molecule has 6 nitrogen and oxygen atoms in total. The largest absolute Gasteiger partial charge is 0.325 e. The van der Waals surface area contributed by atoms with Crippen LogP contribution in [0.15, 0.2) is 36.4 Å². The summed E-state index contributed by atoms with van der Waals surface area (Å²) in [5, 5.41) is 6.06. The van der Waals surface area contributed by atoms with E-state index in [4.69, 9.17) is 23.2 Å². The molecule has 2 aromatic rings. The number of imide groups is 1. The van der Waals surface area contributed by atoms with Gasteiger partial charge in [0.2, 0.25) is 5.91 Å². The standard InChI is InChI=1S/C20H19Cl2N3O3/c1-11-8-12(2)17(15(22)9-11)23-16(26)10-25-18(27)20(3,24-19(25)28)13-6-4-5-7-14(13)21/h4-9H,10H2,1-3H3,(H,23,26)(H,24,28)/t20-/m0/s1. The summed E-state index contributed by atoms with van der Waals surface area (Å²) in [5.41, 5.74) is 1.34. The second-order valence-corrected chi connectivity index (χ2v) is 7.73. The third-order valence-electron chi connectivity index (χ3n) is 4.69. The van der Waals surface area contributed by atoms with Gasteiger partial charge in [0.05, 0.1) is 10.7 Å². The van der Waals surface area contributed by atoms with E-state index in [1.54, 1.807) is 37.3 Å². The van der Waals surface area contributed by atoms with E-state index in [1.165, 1.54) is 0 Å². The Bertz CT molecular complexity index is 969. The molecule has 146 valence electrons. The monoisotopic (exact) mass is 419 g/mol. The smallest absolute Gasteiger partial charge is 0.323 e. The van der Waals surface area contributed by atoms with Crippen molar-refractivity contribution in [3.05, 3.63) is 63.1 Å². The van der Waals surface area contributed by atoms with Crippen molar-refractivity contribution in [2.45, 2.75) is 26.3 Å². The average molecular weight is 420 g/mol. The fraction of sp³-hybridized carbons (Fsp3) is 0.250. The topological polar surface area (TPSA) is 78.5 Å². The zero-order chi connectivity index (χ0) is 20.6. The summed E-state index contributed by atoms with van der Waals surface area (Å²) in [4.78, 5) is 38.7. The number of urea groups is 1. The van der Waals surface area contributed by atoms with Crippen LogP contribution in [-0.2, 0) is 15.1 Å². The third kappa shape index (κ3) is 3.57. The van der Waals surface area contributed by atoms with Crippen molar-refractivity contribution in [2.75, 3.05) is 11.9 Å². The summed E-state index contributed by atoms with van der Waals surface area (Å²) >= 11 is 12.4. The van der Waals surface area contributed by atoms with Crippen LogP contribution in [0, 0.1) is 13.8 Å². The van der Waals surface area contributed by atoms with E-state index in [0.29, 0.717) is 21.3 Å². The van der Waals surface area contributed by atoms with Gasteiger partial charge >= 0.3 is 6.03 Å². The Morgan fingerprint density at radius 2 is 1.82 bits per heavy atom. The number of benzene rings is 2. The van der Waals surface area contributed by atoms with E-state index in [1.807, 2.05) is 19.9 Å². The molecule has 28 heavy (non-hydrogen) atoms. The SMILES string of the molecule is Cc1cc(C)c(NC(=O)CN2C(=O)N[C@@](C)(c3ccccc3Cl)C2=O)c(Cl)c1. The summed E-state index contributed by atoms with van der Waals surface area (Å²) in [7, 11) is 0. The van der Waals surface area contributed by atoms with Crippen molar-refractivity contribution in [1.29, 1.82) is 0 Å². The highest BCUT2D eigenvalue weighted by molar-refractivity contribution is 6.34. The van der Waals surface area contributed by atoms with Crippen molar-refractivity contribution in [1.82, 2.24) is 10.2 Å². The number of rotatable bonds is 4. The molecule has 1 fully saturated rings. The second-order valence-electron chi connectivity index (χ2n) is 6.91. The maximum absolute atomic E-state index is 12.9.